The van der Waals surface area contributed by atoms with Crippen molar-refractivity contribution in [3.05, 3.63) is 108 Å². The number of nitrogen functional groups attached to an aromatic ring is 1. The first-order valence-electron chi connectivity index (χ1n) is 15.6. The molecule has 2 atom stereocenters. The summed E-state index contributed by atoms with van der Waals surface area (Å²) in [5.74, 6) is -3.11. The minimum Gasteiger partial charge on any atom is -0.460 e. The third-order valence-corrected chi connectivity index (χ3v) is 9.19. The van der Waals surface area contributed by atoms with E-state index in [0.717, 1.165) is 18.1 Å². The number of hydrogen-bond donors (Lipinski definition) is 1. The van der Waals surface area contributed by atoms with E-state index in [0.29, 0.717) is 52.1 Å². The van der Waals surface area contributed by atoms with Crippen LogP contribution in [0, 0.1) is 17.6 Å². The molecule has 3 heterocycles. The van der Waals surface area contributed by atoms with Crippen molar-refractivity contribution >= 4 is 28.5 Å². The highest BCUT2D eigenvalue weighted by Gasteiger charge is 2.43. The average Bonchev–Trinajstić information content (AvgIpc) is 3.75. The molecule has 0 spiro atoms. The van der Waals surface area contributed by atoms with E-state index in [1.54, 1.807) is 36.5 Å². The van der Waals surface area contributed by atoms with Crippen LogP contribution in [0.3, 0.4) is 0 Å². The fraction of sp³-hybridized carbons (Fsp3) is 0.270. The number of rotatable bonds is 8. The lowest BCUT2D eigenvalue weighted by Crippen LogP contribution is -2.42. The van der Waals surface area contributed by atoms with Crippen LogP contribution in [0.15, 0.2) is 83.4 Å². The summed E-state index contributed by atoms with van der Waals surface area (Å²) >= 11 is 0. The zero-order valence-corrected chi connectivity index (χ0v) is 25.3. The molecule has 2 unspecified atom stereocenters. The van der Waals surface area contributed by atoms with Gasteiger partial charge in [0.05, 0.1) is 0 Å². The number of amides is 1. The molecular weight excluding hydrogens is 610 g/mol. The number of halogens is 4. The highest BCUT2D eigenvalue weighted by molar-refractivity contribution is 5.98. The standard InChI is InChI=1S/C37H31F4N3O3/c38-26-5-1-21(2-6-26)30-17-24(28-8-3-22(18-32(28)39)36(46)44-13-11-37(40,41)12-14-44)15-25-16-27(47-35(25)30)7-9-33(45)31-19-29(31)23-4-10-34(42)43-20-23/h1-6,8,10,15-18,20,29,31H,7,9,11-14,19H2,(H2,42,43). The van der Waals surface area contributed by atoms with Crippen LogP contribution in [0.25, 0.3) is 33.2 Å². The topological polar surface area (TPSA) is 89.4 Å². The number of pyridine rings is 1. The zero-order valence-electron chi connectivity index (χ0n) is 25.3. The van der Waals surface area contributed by atoms with Crippen molar-refractivity contribution in [2.24, 2.45) is 5.92 Å². The van der Waals surface area contributed by atoms with Crippen LogP contribution in [0.2, 0.25) is 0 Å². The quantitative estimate of drug-likeness (QED) is 0.173. The summed E-state index contributed by atoms with van der Waals surface area (Å²) in [7, 11) is 0. The minimum absolute atomic E-state index is 0.0696. The van der Waals surface area contributed by atoms with E-state index in [-0.39, 0.29) is 41.8 Å². The van der Waals surface area contributed by atoms with Crippen LogP contribution in [0.4, 0.5) is 23.4 Å². The van der Waals surface area contributed by atoms with Crippen molar-refractivity contribution < 1.29 is 31.6 Å². The molecular formula is C37H31F4N3O3. The van der Waals surface area contributed by atoms with Gasteiger partial charge < -0.3 is 15.1 Å². The number of nitrogens with two attached hydrogens (primary N) is 1. The van der Waals surface area contributed by atoms with E-state index in [2.05, 4.69) is 4.98 Å². The number of fused-ring (bicyclic) bond motifs is 1. The lowest BCUT2D eigenvalue weighted by Gasteiger charge is -2.31. The molecule has 3 aromatic carbocycles. The summed E-state index contributed by atoms with van der Waals surface area (Å²) in [6.07, 6.45) is 2.31. The predicted molar refractivity (Wildman–Crippen MR) is 170 cm³/mol. The van der Waals surface area contributed by atoms with Crippen LogP contribution in [0.5, 0.6) is 0 Å². The first-order chi connectivity index (χ1) is 22.5. The molecule has 7 rings (SSSR count). The van der Waals surface area contributed by atoms with Gasteiger partial charge in [-0.15, -0.1) is 0 Å². The summed E-state index contributed by atoms with van der Waals surface area (Å²) in [5.41, 5.74) is 9.29. The Bertz CT molecular complexity index is 1980. The van der Waals surface area contributed by atoms with Crippen LogP contribution in [-0.2, 0) is 11.2 Å². The van der Waals surface area contributed by atoms with Gasteiger partial charge >= 0.3 is 0 Å². The molecule has 1 aliphatic carbocycles. The second kappa shape index (κ2) is 12.0. The first kappa shape index (κ1) is 30.7. The van der Waals surface area contributed by atoms with E-state index in [1.807, 2.05) is 12.1 Å². The maximum Gasteiger partial charge on any atom is 0.253 e. The molecule has 6 nitrogen and oxygen atoms in total. The third-order valence-electron chi connectivity index (χ3n) is 9.19. The van der Waals surface area contributed by atoms with Crippen molar-refractivity contribution in [3.63, 3.8) is 0 Å². The Balaban J connectivity index is 1.14. The number of carbonyl (C=O) groups excluding carboxylic acids is 2. The molecule has 2 aliphatic rings. The molecule has 5 aromatic rings. The number of furan rings is 1. The molecule has 47 heavy (non-hydrogen) atoms. The summed E-state index contributed by atoms with van der Waals surface area (Å²) in [4.78, 5) is 31.4. The average molecular weight is 642 g/mol. The number of aryl methyl sites for hydroxylation is 1. The Kier molecular flexibility index (Phi) is 7.82. The zero-order chi connectivity index (χ0) is 32.9. The fourth-order valence-electron chi connectivity index (χ4n) is 6.42. The summed E-state index contributed by atoms with van der Waals surface area (Å²) < 4.78 is 62.9. The van der Waals surface area contributed by atoms with E-state index < -0.39 is 36.3 Å². The molecule has 2 fully saturated rings. The molecule has 240 valence electrons. The normalized spacial score (nSPS) is 18.8. The second-order valence-corrected chi connectivity index (χ2v) is 12.4. The van der Waals surface area contributed by atoms with E-state index >= 15 is 4.39 Å². The molecule has 10 heteroatoms. The number of aromatic nitrogens is 1. The summed E-state index contributed by atoms with van der Waals surface area (Å²) in [6, 6.07) is 19.0. The number of alkyl halides is 2. The van der Waals surface area contributed by atoms with Gasteiger partial charge in [-0.3, -0.25) is 9.59 Å². The van der Waals surface area contributed by atoms with Gasteiger partial charge in [0.15, 0.2) is 0 Å². The predicted octanol–water partition coefficient (Wildman–Crippen LogP) is 8.20. The monoisotopic (exact) mass is 641 g/mol. The van der Waals surface area contributed by atoms with Crippen molar-refractivity contribution in [1.82, 2.24) is 9.88 Å². The second-order valence-electron chi connectivity index (χ2n) is 12.4. The number of ketones is 1. The molecule has 1 amide bonds. The smallest absolute Gasteiger partial charge is 0.253 e. The number of Topliss-reactive ketones (excluding diaryl/α,β-unsaturated/α-hetero) is 1. The number of hydrogen-bond acceptors (Lipinski definition) is 5. The van der Waals surface area contributed by atoms with Crippen molar-refractivity contribution in [2.75, 3.05) is 18.8 Å². The number of nitrogens with zero attached hydrogens (tertiary/aromatic N) is 2. The molecule has 0 bridgehead atoms. The molecule has 2 aromatic heterocycles. The Morgan fingerprint density at radius 2 is 1.68 bits per heavy atom. The van der Waals surface area contributed by atoms with Gasteiger partial charge in [-0.1, -0.05) is 24.3 Å². The molecule has 1 saturated carbocycles. The fourth-order valence-corrected chi connectivity index (χ4v) is 6.42. The van der Waals surface area contributed by atoms with Gasteiger partial charge in [-0.05, 0) is 77.6 Å². The molecule has 0 radical (unpaired) electrons. The highest BCUT2D eigenvalue weighted by Crippen LogP contribution is 2.48. The molecule has 1 aliphatic heterocycles. The highest BCUT2D eigenvalue weighted by atomic mass is 19.3. The lowest BCUT2D eigenvalue weighted by atomic mass is 9.95. The van der Waals surface area contributed by atoms with Gasteiger partial charge in [-0.25, -0.2) is 22.5 Å². The maximum absolute atomic E-state index is 15.6. The SMILES string of the molecule is Nc1ccc(C2CC2C(=O)CCc2cc3cc(-c4ccc(C(=O)N5CCC(F)(F)CC5)cc4F)cc(-c4ccc(F)cc4)c3o2)cn1. The Hall–Kier alpha value is -4.99. The van der Waals surface area contributed by atoms with E-state index in [9.17, 15) is 22.8 Å². The number of likely N-dealkylation sites (tertiary alicyclic amines) is 1. The molecule has 1 saturated heterocycles. The van der Waals surface area contributed by atoms with Gasteiger partial charge in [-0.2, -0.15) is 0 Å². The lowest BCUT2D eigenvalue weighted by molar-refractivity contribution is -0.120. The number of piperidine rings is 1. The largest absolute Gasteiger partial charge is 0.460 e. The first-order valence-corrected chi connectivity index (χ1v) is 15.6. The number of anilines is 1. The van der Waals surface area contributed by atoms with E-state index in [1.165, 1.54) is 29.2 Å². The summed E-state index contributed by atoms with van der Waals surface area (Å²) in [5, 5.41) is 0.676. The van der Waals surface area contributed by atoms with Crippen molar-refractivity contribution in [3.8, 4) is 22.3 Å². The third kappa shape index (κ3) is 6.37. The van der Waals surface area contributed by atoms with Crippen molar-refractivity contribution in [1.29, 1.82) is 0 Å². The number of benzene rings is 3. The van der Waals surface area contributed by atoms with Gasteiger partial charge in [0, 0.05) is 73.0 Å². The minimum atomic E-state index is -2.80. The van der Waals surface area contributed by atoms with Crippen LogP contribution in [-0.4, -0.2) is 40.6 Å². The van der Waals surface area contributed by atoms with Crippen LogP contribution in [0.1, 0.15) is 53.3 Å². The summed E-state index contributed by atoms with van der Waals surface area (Å²) in [6.45, 7) is -0.189. The van der Waals surface area contributed by atoms with E-state index in [4.69, 9.17) is 10.2 Å². The Morgan fingerprint density at radius 1 is 0.915 bits per heavy atom. The Morgan fingerprint density at radius 3 is 2.38 bits per heavy atom. The van der Waals surface area contributed by atoms with Crippen LogP contribution < -0.4 is 5.73 Å². The maximum atomic E-state index is 15.6. The molecule has 2 N–H and O–H groups in total. The van der Waals surface area contributed by atoms with Crippen molar-refractivity contribution in [2.45, 2.75) is 43.9 Å². The number of carbonyl (C=O) groups is 2. The van der Waals surface area contributed by atoms with Gasteiger partial charge in [0.1, 0.15) is 34.6 Å². The Labute approximate surface area is 268 Å². The van der Waals surface area contributed by atoms with Crippen LogP contribution >= 0.6 is 0 Å². The van der Waals surface area contributed by atoms with Gasteiger partial charge in [0.2, 0.25) is 0 Å². The van der Waals surface area contributed by atoms with Gasteiger partial charge in [0.25, 0.3) is 11.8 Å².